The van der Waals surface area contributed by atoms with E-state index in [2.05, 4.69) is 9.72 Å². The van der Waals surface area contributed by atoms with Gasteiger partial charge in [-0.15, -0.1) is 0 Å². The summed E-state index contributed by atoms with van der Waals surface area (Å²) in [5, 5.41) is 6.89. The normalized spacial score (nSPS) is 7.75. The topological polar surface area (TPSA) is 79.4 Å². The molecule has 0 aliphatic heterocycles. The van der Waals surface area contributed by atoms with E-state index in [1.807, 2.05) is 0 Å². The van der Waals surface area contributed by atoms with Gasteiger partial charge in [0.1, 0.15) is 0 Å². The highest BCUT2D eigenvalue weighted by molar-refractivity contribution is 5.88. The third-order valence-electron chi connectivity index (χ3n) is 1.02. The number of H-pyrrole nitrogens is 1. The number of carbonyl (C=O) groups excluding carboxylic acids is 1. The Morgan fingerprint density at radius 3 is 2.67 bits per heavy atom. The number of nitrogens with one attached hydrogen (secondary N) is 1. The lowest BCUT2D eigenvalue weighted by Gasteiger charge is -1.90. The van der Waals surface area contributed by atoms with E-state index >= 15 is 0 Å². The Kier molecular flexibility index (Phi) is 5.08. The Morgan fingerprint density at radius 1 is 1.75 bits per heavy atom. The zero-order valence-corrected chi connectivity index (χ0v) is 6.48. The molecule has 0 fully saturated rings. The summed E-state index contributed by atoms with van der Waals surface area (Å²) in [5.41, 5.74) is 0.553. The Balaban J connectivity index is 0.000000354. The first kappa shape index (κ1) is 10.2. The summed E-state index contributed by atoms with van der Waals surface area (Å²) in [6, 6.07) is 1.66. The molecule has 2 N–H and O–H groups in total. The number of methoxy groups -OCH3 is 1. The van der Waals surface area contributed by atoms with E-state index in [0.29, 0.717) is 5.56 Å². The lowest BCUT2D eigenvalue weighted by Crippen LogP contribution is -1.97. The van der Waals surface area contributed by atoms with Crippen molar-refractivity contribution >= 4 is 12.4 Å². The fraction of sp³-hybridized carbons (Fsp3) is 0.143. The van der Waals surface area contributed by atoms with Crippen molar-refractivity contribution in [3.05, 3.63) is 24.0 Å². The molecular weight excluding hydrogens is 162 g/mol. The van der Waals surface area contributed by atoms with Gasteiger partial charge in [0.15, 0.2) is 0 Å². The molecule has 0 bridgehead atoms. The summed E-state index contributed by atoms with van der Waals surface area (Å²) in [6.45, 7) is -0.250. The molecule has 0 amide bonds. The first-order chi connectivity index (χ1) is 5.76. The molecule has 5 nitrogen and oxygen atoms in total. The second-order valence-electron chi connectivity index (χ2n) is 1.70. The van der Waals surface area contributed by atoms with E-state index in [1.54, 1.807) is 18.5 Å². The highest BCUT2D eigenvalue weighted by atomic mass is 16.5. The molecule has 5 heteroatoms. The van der Waals surface area contributed by atoms with Crippen LogP contribution < -0.4 is 0 Å². The zero-order valence-electron chi connectivity index (χ0n) is 6.48. The Bertz CT molecular complexity index is 230. The highest BCUT2D eigenvalue weighted by Crippen LogP contribution is 1.96. The van der Waals surface area contributed by atoms with Crippen molar-refractivity contribution in [2.45, 2.75) is 0 Å². The van der Waals surface area contributed by atoms with Crippen LogP contribution in [0.3, 0.4) is 0 Å². The van der Waals surface area contributed by atoms with Gasteiger partial charge in [-0.3, -0.25) is 4.79 Å². The number of hydrogen-bond acceptors (Lipinski definition) is 3. The van der Waals surface area contributed by atoms with Crippen LogP contribution in [-0.4, -0.2) is 29.6 Å². The third-order valence-corrected chi connectivity index (χ3v) is 1.02. The summed E-state index contributed by atoms with van der Waals surface area (Å²) in [4.78, 5) is 21.7. The highest BCUT2D eigenvalue weighted by Gasteiger charge is 2.02. The molecule has 0 radical (unpaired) electrons. The number of hydrogen-bond donors (Lipinski definition) is 2. The predicted molar refractivity (Wildman–Crippen MR) is 40.8 cm³/mol. The second-order valence-corrected chi connectivity index (χ2v) is 1.70. The van der Waals surface area contributed by atoms with Crippen LogP contribution in [0, 0.1) is 0 Å². The predicted octanol–water partition coefficient (Wildman–Crippen LogP) is 0.502. The number of rotatable bonds is 1. The summed E-state index contributed by atoms with van der Waals surface area (Å²) in [6.07, 6.45) is 3.26. The Morgan fingerprint density at radius 2 is 2.33 bits per heavy atom. The third kappa shape index (κ3) is 3.40. The molecule has 66 valence electrons. The molecule has 0 saturated carbocycles. The van der Waals surface area contributed by atoms with Crippen LogP contribution in [0.25, 0.3) is 0 Å². The molecule has 0 saturated heterocycles. The molecular formula is C7H9NO4. The Labute approximate surface area is 69.0 Å². The molecule has 12 heavy (non-hydrogen) atoms. The van der Waals surface area contributed by atoms with E-state index in [0.717, 1.165) is 0 Å². The van der Waals surface area contributed by atoms with Gasteiger partial charge in [-0.25, -0.2) is 4.79 Å². The van der Waals surface area contributed by atoms with Gasteiger partial charge < -0.3 is 14.8 Å². The minimum absolute atomic E-state index is 0.250. The smallest absolute Gasteiger partial charge is 0.339 e. The van der Waals surface area contributed by atoms with Gasteiger partial charge >= 0.3 is 5.97 Å². The number of esters is 1. The van der Waals surface area contributed by atoms with E-state index < -0.39 is 0 Å². The van der Waals surface area contributed by atoms with Crippen molar-refractivity contribution < 1.29 is 19.4 Å². The molecule has 0 atom stereocenters. The number of ether oxygens (including phenoxy) is 1. The largest absolute Gasteiger partial charge is 0.483 e. The van der Waals surface area contributed by atoms with E-state index in [1.165, 1.54) is 7.11 Å². The fourth-order valence-corrected chi connectivity index (χ4v) is 0.569. The minimum Gasteiger partial charge on any atom is -0.483 e. The first-order valence-electron chi connectivity index (χ1n) is 3.05. The molecule has 1 aromatic rings. The Hall–Kier alpha value is -1.78. The molecule has 0 aliphatic rings. The van der Waals surface area contributed by atoms with Crippen molar-refractivity contribution in [2.75, 3.05) is 7.11 Å². The van der Waals surface area contributed by atoms with Gasteiger partial charge in [0, 0.05) is 12.4 Å². The van der Waals surface area contributed by atoms with Crippen LogP contribution in [0.5, 0.6) is 0 Å². The average Bonchev–Trinajstić information content (AvgIpc) is 2.56. The maximum absolute atomic E-state index is 10.6. The molecule has 0 aliphatic carbocycles. The van der Waals surface area contributed by atoms with Gasteiger partial charge in [-0.05, 0) is 6.07 Å². The van der Waals surface area contributed by atoms with Gasteiger partial charge in [-0.2, -0.15) is 0 Å². The summed E-state index contributed by atoms with van der Waals surface area (Å²) >= 11 is 0. The number of carboxylic acid groups (broad SMARTS) is 1. The van der Waals surface area contributed by atoms with E-state index in [9.17, 15) is 4.79 Å². The molecule has 0 spiro atoms. The summed E-state index contributed by atoms with van der Waals surface area (Å²) < 4.78 is 4.44. The van der Waals surface area contributed by atoms with Crippen molar-refractivity contribution in [2.24, 2.45) is 0 Å². The lowest BCUT2D eigenvalue weighted by molar-refractivity contribution is -0.122. The second kappa shape index (κ2) is 5.96. The maximum Gasteiger partial charge on any atom is 0.339 e. The first-order valence-corrected chi connectivity index (χ1v) is 3.05. The number of carbonyl (C=O) groups is 2. The van der Waals surface area contributed by atoms with Crippen LogP contribution in [0.2, 0.25) is 0 Å². The maximum atomic E-state index is 10.6. The van der Waals surface area contributed by atoms with Crippen LogP contribution in [0.1, 0.15) is 10.4 Å². The molecule has 0 unspecified atom stereocenters. The van der Waals surface area contributed by atoms with Crippen LogP contribution in [-0.2, 0) is 9.53 Å². The fourth-order valence-electron chi connectivity index (χ4n) is 0.569. The average molecular weight is 171 g/mol. The van der Waals surface area contributed by atoms with Crippen LogP contribution in [0.4, 0.5) is 0 Å². The van der Waals surface area contributed by atoms with Crippen molar-refractivity contribution in [1.29, 1.82) is 0 Å². The van der Waals surface area contributed by atoms with E-state index in [4.69, 9.17) is 9.90 Å². The van der Waals surface area contributed by atoms with Gasteiger partial charge in [0.2, 0.25) is 0 Å². The molecule has 1 aromatic heterocycles. The quantitative estimate of drug-likeness (QED) is 0.476. The van der Waals surface area contributed by atoms with Gasteiger partial charge in [0.05, 0.1) is 12.7 Å². The van der Waals surface area contributed by atoms with Crippen LogP contribution >= 0.6 is 0 Å². The number of aromatic nitrogens is 1. The van der Waals surface area contributed by atoms with Crippen LogP contribution in [0.15, 0.2) is 18.5 Å². The minimum atomic E-state index is -0.309. The zero-order chi connectivity index (χ0) is 9.40. The lowest BCUT2D eigenvalue weighted by atomic mass is 10.3. The monoisotopic (exact) mass is 171 g/mol. The van der Waals surface area contributed by atoms with Crippen molar-refractivity contribution in [1.82, 2.24) is 4.98 Å². The molecule has 1 rings (SSSR count). The summed E-state index contributed by atoms with van der Waals surface area (Å²) in [5.74, 6) is -0.309. The molecule has 1 heterocycles. The van der Waals surface area contributed by atoms with E-state index in [-0.39, 0.29) is 12.4 Å². The SMILES string of the molecule is COC(=O)c1cc[nH]c1.O=CO. The van der Waals surface area contributed by atoms with Gasteiger partial charge in [-0.1, -0.05) is 0 Å². The standard InChI is InChI=1S/C6H7NO2.CH2O2/c1-9-6(8)5-2-3-7-4-5;2-1-3/h2-4,7H,1H3;1H,(H,2,3). The van der Waals surface area contributed by atoms with Crippen molar-refractivity contribution in [3.63, 3.8) is 0 Å². The summed E-state index contributed by atoms with van der Waals surface area (Å²) in [7, 11) is 1.36. The van der Waals surface area contributed by atoms with Crippen molar-refractivity contribution in [3.8, 4) is 0 Å². The number of aromatic amines is 1. The molecule has 0 aromatic carbocycles. The van der Waals surface area contributed by atoms with Gasteiger partial charge in [0.25, 0.3) is 6.47 Å².